The van der Waals surface area contributed by atoms with Crippen LogP contribution in [0.2, 0.25) is 0 Å². The second-order valence-electron chi connectivity index (χ2n) is 10.0. The summed E-state index contributed by atoms with van der Waals surface area (Å²) in [5.41, 5.74) is 4.46. The molecule has 204 valence electrons. The van der Waals surface area contributed by atoms with Gasteiger partial charge in [0.1, 0.15) is 17.6 Å². The Balaban J connectivity index is 1.30. The first-order valence-electron chi connectivity index (χ1n) is 13.4. The summed E-state index contributed by atoms with van der Waals surface area (Å²) in [6, 6.07) is 21.7. The number of aryl methyl sites for hydroxylation is 1. The fourth-order valence-corrected chi connectivity index (χ4v) is 5.16. The van der Waals surface area contributed by atoms with Gasteiger partial charge in [-0.1, -0.05) is 24.3 Å². The SMILES string of the molecule is COc1cccc(CNC(=O)N(c2ccc(-c3cnn(C)c3)cc2)[C@H]2CC[C@H](Nc3ccc(C#N)cn3)CC2)c1. The minimum Gasteiger partial charge on any atom is -0.497 e. The zero-order valence-corrected chi connectivity index (χ0v) is 22.7. The molecule has 9 heteroatoms. The number of urea groups is 1. The van der Waals surface area contributed by atoms with Crippen LogP contribution in [0, 0.1) is 11.3 Å². The summed E-state index contributed by atoms with van der Waals surface area (Å²) in [4.78, 5) is 19.9. The van der Waals surface area contributed by atoms with Gasteiger partial charge in [-0.25, -0.2) is 9.78 Å². The van der Waals surface area contributed by atoms with E-state index in [4.69, 9.17) is 10.00 Å². The molecule has 1 saturated carbocycles. The Morgan fingerprint density at radius 3 is 2.52 bits per heavy atom. The zero-order valence-electron chi connectivity index (χ0n) is 22.7. The number of nitrogens with zero attached hydrogens (tertiary/aromatic N) is 5. The number of hydrogen-bond donors (Lipinski definition) is 2. The van der Waals surface area contributed by atoms with Crippen molar-refractivity contribution in [2.45, 2.75) is 44.3 Å². The van der Waals surface area contributed by atoms with E-state index >= 15 is 0 Å². The van der Waals surface area contributed by atoms with Gasteiger partial charge >= 0.3 is 6.03 Å². The van der Waals surface area contributed by atoms with E-state index < -0.39 is 0 Å². The van der Waals surface area contributed by atoms with Crippen LogP contribution in [0.1, 0.15) is 36.8 Å². The number of methoxy groups -OCH3 is 1. The number of hydrogen-bond acceptors (Lipinski definition) is 6. The average molecular weight is 536 g/mol. The van der Waals surface area contributed by atoms with Gasteiger partial charge in [0.2, 0.25) is 0 Å². The predicted molar refractivity (Wildman–Crippen MR) is 155 cm³/mol. The quantitative estimate of drug-likeness (QED) is 0.308. The lowest BCUT2D eigenvalue weighted by molar-refractivity contribution is 0.240. The van der Waals surface area contributed by atoms with Gasteiger partial charge in [-0.2, -0.15) is 10.4 Å². The van der Waals surface area contributed by atoms with Gasteiger partial charge < -0.3 is 15.4 Å². The van der Waals surface area contributed by atoms with Gasteiger partial charge in [0.15, 0.2) is 0 Å². The first kappa shape index (κ1) is 26.8. The molecule has 9 nitrogen and oxygen atoms in total. The highest BCUT2D eigenvalue weighted by Crippen LogP contribution is 2.31. The summed E-state index contributed by atoms with van der Waals surface area (Å²) in [5, 5.41) is 19.9. The maximum Gasteiger partial charge on any atom is 0.322 e. The van der Waals surface area contributed by atoms with Crippen LogP contribution in [0.25, 0.3) is 11.1 Å². The van der Waals surface area contributed by atoms with Crippen molar-refractivity contribution in [3.8, 4) is 22.9 Å². The number of pyridine rings is 1. The second kappa shape index (κ2) is 12.3. The van der Waals surface area contributed by atoms with E-state index in [1.165, 1.54) is 0 Å². The number of ether oxygens (including phenoxy) is 1. The van der Waals surface area contributed by atoms with Crippen molar-refractivity contribution < 1.29 is 9.53 Å². The Hall–Kier alpha value is -4.84. The van der Waals surface area contributed by atoms with Crippen LogP contribution < -0.4 is 20.3 Å². The molecule has 2 aromatic heterocycles. The molecule has 0 unspecified atom stereocenters. The number of rotatable bonds is 8. The summed E-state index contributed by atoms with van der Waals surface area (Å²) < 4.78 is 7.11. The van der Waals surface area contributed by atoms with Gasteiger partial charge in [-0.3, -0.25) is 9.58 Å². The lowest BCUT2D eigenvalue weighted by Crippen LogP contribution is -2.48. The molecule has 2 heterocycles. The van der Waals surface area contributed by atoms with Crippen molar-refractivity contribution in [2.75, 3.05) is 17.3 Å². The third kappa shape index (κ3) is 6.41. The molecule has 4 aromatic rings. The van der Waals surface area contributed by atoms with Gasteiger partial charge in [-0.15, -0.1) is 0 Å². The van der Waals surface area contributed by atoms with Gasteiger partial charge in [0.25, 0.3) is 0 Å². The Morgan fingerprint density at radius 2 is 1.88 bits per heavy atom. The van der Waals surface area contributed by atoms with E-state index in [0.717, 1.165) is 59.6 Å². The molecule has 0 radical (unpaired) electrons. The number of anilines is 2. The Morgan fingerprint density at radius 1 is 1.07 bits per heavy atom. The number of benzene rings is 2. The van der Waals surface area contributed by atoms with Gasteiger partial charge in [0.05, 0.1) is 18.9 Å². The normalized spacial score (nSPS) is 16.5. The first-order valence-corrected chi connectivity index (χ1v) is 13.4. The van der Waals surface area contributed by atoms with Crippen LogP contribution in [0.3, 0.4) is 0 Å². The Bertz CT molecular complexity index is 1470. The van der Waals surface area contributed by atoms with Crippen LogP contribution in [-0.2, 0) is 13.6 Å². The first-order chi connectivity index (χ1) is 19.5. The molecule has 1 aliphatic carbocycles. The fraction of sp³-hybridized carbons (Fsp3) is 0.290. The van der Waals surface area contributed by atoms with Crippen LogP contribution in [0.15, 0.2) is 79.3 Å². The lowest BCUT2D eigenvalue weighted by Gasteiger charge is -2.37. The topological polar surface area (TPSA) is 108 Å². The highest BCUT2D eigenvalue weighted by atomic mass is 16.5. The third-order valence-electron chi connectivity index (χ3n) is 7.29. The van der Waals surface area contributed by atoms with E-state index in [0.29, 0.717) is 12.1 Å². The molecule has 5 rings (SSSR count). The molecule has 0 saturated heterocycles. The van der Waals surface area contributed by atoms with Crippen LogP contribution in [-0.4, -0.2) is 40.0 Å². The molecule has 40 heavy (non-hydrogen) atoms. The summed E-state index contributed by atoms with van der Waals surface area (Å²) in [6.07, 6.45) is 8.90. The standard InChI is InChI=1S/C31H33N7O2/c1-37-21-25(20-35-37)24-7-11-27(12-8-24)38(31(39)34-18-22-4-3-5-29(16-22)40-2)28-13-9-26(10-14-28)36-30-15-6-23(17-32)19-33-30/h3-8,11-12,15-16,19-21,26,28H,9-10,13-14,18H2,1-2H3,(H,33,36)(H,34,39)/t26-,28-. The maximum atomic E-state index is 13.7. The summed E-state index contributed by atoms with van der Waals surface area (Å²) in [6.45, 7) is 0.404. The van der Waals surface area contributed by atoms with Crippen molar-refractivity contribution in [3.63, 3.8) is 0 Å². The van der Waals surface area contributed by atoms with Crippen LogP contribution in [0.4, 0.5) is 16.3 Å². The van der Waals surface area contributed by atoms with E-state index in [1.54, 1.807) is 24.1 Å². The predicted octanol–water partition coefficient (Wildman–Crippen LogP) is 5.50. The highest BCUT2D eigenvalue weighted by Gasteiger charge is 2.30. The number of nitriles is 1. The van der Waals surface area contributed by atoms with E-state index in [-0.39, 0.29) is 18.1 Å². The van der Waals surface area contributed by atoms with Crippen LogP contribution in [0.5, 0.6) is 5.75 Å². The van der Waals surface area contributed by atoms with Crippen molar-refractivity contribution in [1.82, 2.24) is 20.1 Å². The summed E-state index contributed by atoms with van der Waals surface area (Å²) >= 11 is 0. The Labute approximate surface area is 234 Å². The highest BCUT2D eigenvalue weighted by molar-refractivity contribution is 5.93. The minimum atomic E-state index is -0.123. The van der Waals surface area contributed by atoms with E-state index in [2.05, 4.69) is 26.8 Å². The number of amides is 2. The fourth-order valence-electron chi connectivity index (χ4n) is 5.16. The third-order valence-corrected chi connectivity index (χ3v) is 7.29. The molecule has 2 aromatic carbocycles. The number of carbonyl (C=O) groups is 1. The number of carbonyl (C=O) groups excluding carboxylic acids is 1. The smallest absolute Gasteiger partial charge is 0.322 e. The summed E-state index contributed by atoms with van der Waals surface area (Å²) in [7, 11) is 3.53. The molecule has 0 atom stereocenters. The molecule has 2 amide bonds. The maximum absolute atomic E-state index is 13.7. The number of aromatic nitrogens is 3. The zero-order chi connectivity index (χ0) is 27.9. The van der Waals surface area contributed by atoms with E-state index in [9.17, 15) is 4.79 Å². The molecular formula is C31H33N7O2. The number of nitrogens with one attached hydrogen (secondary N) is 2. The summed E-state index contributed by atoms with van der Waals surface area (Å²) in [5.74, 6) is 1.53. The van der Waals surface area contributed by atoms with Crippen molar-refractivity contribution >= 4 is 17.5 Å². The molecule has 1 fully saturated rings. The van der Waals surface area contributed by atoms with Crippen molar-refractivity contribution in [3.05, 3.63) is 90.4 Å². The van der Waals surface area contributed by atoms with Gasteiger partial charge in [-0.05, 0) is 73.2 Å². The molecule has 2 N–H and O–H groups in total. The van der Waals surface area contributed by atoms with Crippen molar-refractivity contribution in [1.29, 1.82) is 5.26 Å². The largest absolute Gasteiger partial charge is 0.497 e. The average Bonchev–Trinajstić information content (AvgIpc) is 3.44. The van der Waals surface area contributed by atoms with Gasteiger partial charge in [0, 0.05) is 49.3 Å². The second-order valence-corrected chi connectivity index (χ2v) is 10.0. The van der Waals surface area contributed by atoms with Crippen molar-refractivity contribution in [2.24, 2.45) is 7.05 Å². The Kier molecular flexibility index (Phi) is 8.26. The monoisotopic (exact) mass is 535 g/mol. The molecule has 0 aliphatic heterocycles. The lowest BCUT2D eigenvalue weighted by atomic mass is 9.89. The molecule has 1 aliphatic rings. The van der Waals surface area contributed by atoms with Crippen LogP contribution >= 0.6 is 0 Å². The minimum absolute atomic E-state index is 0.0570. The molecule has 0 bridgehead atoms. The molecule has 0 spiro atoms. The molecular weight excluding hydrogens is 502 g/mol. The van der Waals surface area contributed by atoms with E-state index in [1.807, 2.05) is 78.9 Å².